The van der Waals surface area contributed by atoms with E-state index in [0.29, 0.717) is 11.0 Å². The van der Waals surface area contributed by atoms with Crippen molar-refractivity contribution in [3.63, 3.8) is 0 Å². The second-order valence-electron chi connectivity index (χ2n) is 5.17. The van der Waals surface area contributed by atoms with Gasteiger partial charge in [0, 0.05) is 22.6 Å². The van der Waals surface area contributed by atoms with Crippen LogP contribution in [0.3, 0.4) is 0 Å². The molecule has 3 aromatic rings. The number of hydrogen-bond donors (Lipinski definition) is 2. The van der Waals surface area contributed by atoms with E-state index in [1.165, 1.54) is 6.20 Å². The Bertz CT molecular complexity index is 882. The standard InChI is InChI=1S/C18H15ClN4O/c1-12-5-2-3-8-15(12)22-17(24)16-9-10-20-18(23-16)21-14-7-4-6-13(19)11-14/h2-11H,1H3,(H,22,24)(H,20,21,23). The predicted octanol–water partition coefficient (Wildman–Crippen LogP) is 4.43. The second kappa shape index (κ2) is 7.10. The lowest BCUT2D eigenvalue weighted by atomic mass is 10.2. The average Bonchev–Trinajstić information content (AvgIpc) is 2.57. The van der Waals surface area contributed by atoms with Crippen LogP contribution in [0.2, 0.25) is 5.02 Å². The van der Waals surface area contributed by atoms with Crippen molar-refractivity contribution in [2.24, 2.45) is 0 Å². The summed E-state index contributed by atoms with van der Waals surface area (Å²) in [6.07, 6.45) is 1.53. The van der Waals surface area contributed by atoms with Crippen molar-refractivity contribution in [2.45, 2.75) is 6.92 Å². The molecule has 0 fully saturated rings. The molecule has 0 aliphatic rings. The fraction of sp³-hybridized carbons (Fsp3) is 0.0556. The Morgan fingerprint density at radius 3 is 2.71 bits per heavy atom. The molecular formula is C18H15ClN4O. The highest BCUT2D eigenvalue weighted by Crippen LogP contribution is 2.18. The topological polar surface area (TPSA) is 66.9 Å². The summed E-state index contributed by atoms with van der Waals surface area (Å²) in [7, 11) is 0. The zero-order valence-electron chi connectivity index (χ0n) is 13.0. The molecule has 0 saturated heterocycles. The maximum atomic E-state index is 12.4. The molecule has 2 aromatic carbocycles. The number of halogens is 1. The third kappa shape index (κ3) is 3.88. The molecule has 0 radical (unpaired) electrons. The predicted molar refractivity (Wildman–Crippen MR) is 95.9 cm³/mol. The minimum absolute atomic E-state index is 0.276. The van der Waals surface area contributed by atoms with E-state index in [-0.39, 0.29) is 11.6 Å². The Hall–Kier alpha value is -2.92. The molecule has 24 heavy (non-hydrogen) atoms. The molecule has 1 aromatic heterocycles. The van der Waals surface area contributed by atoms with Crippen molar-refractivity contribution in [2.75, 3.05) is 10.6 Å². The van der Waals surface area contributed by atoms with Crippen LogP contribution in [0.1, 0.15) is 16.1 Å². The van der Waals surface area contributed by atoms with Gasteiger partial charge < -0.3 is 10.6 Å². The first-order chi connectivity index (χ1) is 11.6. The number of hydrogen-bond acceptors (Lipinski definition) is 4. The Morgan fingerprint density at radius 2 is 1.92 bits per heavy atom. The molecular weight excluding hydrogens is 324 g/mol. The highest BCUT2D eigenvalue weighted by Gasteiger charge is 2.10. The minimum atomic E-state index is -0.291. The number of nitrogens with zero attached hydrogens (tertiary/aromatic N) is 2. The van der Waals surface area contributed by atoms with Gasteiger partial charge in [0.25, 0.3) is 5.91 Å². The molecule has 0 aliphatic carbocycles. The number of carbonyl (C=O) groups is 1. The largest absolute Gasteiger partial charge is 0.324 e. The summed E-state index contributed by atoms with van der Waals surface area (Å²) < 4.78 is 0. The Morgan fingerprint density at radius 1 is 1.08 bits per heavy atom. The van der Waals surface area contributed by atoms with Gasteiger partial charge in [-0.05, 0) is 42.8 Å². The molecule has 0 unspecified atom stereocenters. The molecule has 0 spiro atoms. The monoisotopic (exact) mass is 338 g/mol. The third-order valence-corrected chi connectivity index (χ3v) is 3.60. The minimum Gasteiger partial charge on any atom is -0.324 e. The van der Waals surface area contributed by atoms with Crippen molar-refractivity contribution in [1.29, 1.82) is 0 Å². The molecule has 3 rings (SSSR count). The molecule has 120 valence electrons. The summed E-state index contributed by atoms with van der Waals surface area (Å²) in [6, 6.07) is 16.3. The molecule has 6 heteroatoms. The van der Waals surface area contributed by atoms with Crippen LogP contribution in [0.25, 0.3) is 0 Å². The van der Waals surface area contributed by atoms with Gasteiger partial charge in [0.1, 0.15) is 5.69 Å². The number of aromatic nitrogens is 2. The van der Waals surface area contributed by atoms with Crippen LogP contribution in [-0.2, 0) is 0 Å². The van der Waals surface area contributed by atoms with Crippen molar-refractivity contribution in [1.82, 2.24) is 9.97 Å². The van der Waals surface area contributed by atoms with Crippen LogP contribution in [0.15, 0.2) is 60.8 Å². The molecule has 1 heterocycles. The third-order valence-electron chi connectivity index (χ3n) is 3.36. The lowest BCUT2D eigenvalue weighted by Crippen LogP contribution is -2.15. The van der Waals surface area contributed by atoms with E-state index in [2.05, 4.69) is 20.6 Å². The van der Waals surface area contributed by atoms with Crippen LogP contribution in [0.5, 0.6) is 0 Å². The normalized spacial score (nSPS) is 10.2. The zero-order valence-corrected chi connectivity index (χ0v) is 13.7. The summed E-state index contributed by atoms with van der Waals surface area (Å²) >= 11 is 5.95. The van der Waals surface area contributed by atoms with E-state index in [1.807, 2.05) is 43.3 Å². The van der Waals surface area contributed by atoms with Gasteiger partial charge in [-0.2, -0.15) is 0 Å². The van der Waals surface area contributed by atoms with Gasteiger partial charge in [-0.15, -0.1) is 0 Å². The number of nitrogens with one attached hydrogen (secondary N) is 2. The van der Waals surface area contributed by atoms with Crippen molar-refractivity contribution in [3.05, 3.63) is 77.1 Å². The van der Waals surface area contributed by atoms with Gasteiger partial charge in [-0.1, -0.05) is 35.9 Å². The van der Waals surface area contributed by atoms with Gasteiger partial charge in [0.2, 0.25) is 5.95 Å². The molecule has 5 nitrogen and oxygen atoms in total. The fourth-order valence-electron chi connectivity index (χ4n) is 2.14. The van der Waals surface area contributed by atoms with Crippen LogP contribution in [0, 0.1) is 6.92 Å². The number of benzene rings is 2. The smallest absolute Gasteiger partial charge is 0.274 e. The first-order valence-electron chi connectivity index (χ1n) is 7.34. The van der Waals surface area contributed by atoms with E-state index in [0.717, 1.165) is 16.9 Å². The van der Waals surface area contributed by atoms with E-state index in [9.17, 15) is 4.79 Å². The van der Waals surface area contributed by atoms with Gasteiger partial charge in [-0.25, -0.2) is 9.97 Å². The van der Waals surface area contributed by atoms with Crippen LogP contribution in [-0.4, -0.2) is 15.9 Å². The maximum absolute atomic E-state index is 12.4. The highest BCUT2D eigenvalue weighted by atomic mass is 35.5. The number of anilines is 3. The Labute approximate surface area is 144 Å². The Balaban J connectivity index is 1.77. The summed E-state index contributed by atoms with van der Waals surface area (Å²) in [4.78, 5) is 20.7. The van der Waals surface area contributed by atoms with E-state index >= 15 is 0 Å². The van der Waals surface area contributed by atoms with Gasteiger partial charge in [0.05, 0.1) is 0 Å². The lowest BCUT2D eigenvalue weighted by molar-refractivity contribution is 0.102. The summed E-state index contributed by atoms with van der Waals surface area (Å²) in [6.45, 7) is 1.93. The molecule has 1 amide bonds. The van der Waals surface area contributed by atoms with Gasteiger partial charge >= 0.3 is 0 Å². The SMILES string of the molecule is Cc1ccccc1NC(=O)c1ccnc(Nc2cccc(Cl)c2)n1. The van der Waals surface area contributed by atoms with Gasteiger partial charge in [0.15, 0.2) is 0 Å². The van der Waals surface area contributed by atoms with Crippen molar-refractivity contribution >= 4 is 34.8 Å². The van der Waals surface area contributed by atoms with Crippen LogP contribution in [0.4, 0.5) is 17.3 Å². The van der Waals surface area contributed by atoms with Crippen molar-refractivity contribution in [3.8, 4) is 0 Å². The number of amides is 1. The molecule has 2 N–H and O–H groups in total. The zero-order chi connectivity index (χ0) is 16.9. The first-order valence-corrected chi connectivity index (χ1v) is 7.72. The number of carbonyl (C=O) groups excluding carboxylic acids is 1. The molecule has 0 atom stereocenters. The number of rotatable bonds is 4. The fourth-order valence-corrected chi connectivity index (χ4v) is 2.33. The second-order valence-corrected chi connectivity index (χ2v) is 5.61. The average molecular weight is 339 g/mol. The van der Waals surface area contributed by atoms with E-state index in [1.54, 1.807) is 18.2 Å². The van der Waals surface area contributed by atoms with Crippen molar-refractivity contribution < 1.29 is 4.79 Å². The van der Waals surface area contributed by atoms with E-state index in [4.69, 9.17) is 11.6 Å². The molecule has 0 bridgehead atoms. The van der Waals surface area contributed by atoms with Crippen LogP contribution >= 0.6 is 11.6 Å². The highest BCUT2D eigenvalue weighted by molar-refractivity contribution is 6.30. The van der Waals surface area contributed by atoms with E-state index < -0.39 is 0 Å². The quantitative estimate of drug-likeness (QED) is 0.738. The number of aryl methyl sites for hydroxylation is 1. The summed E-state index contributed by atoms with van der Waals surface area (Å²) in [5, 5.41) is 6.48. The number of para-hydroxylation sites is 1. The summed E-state index contributed by atoms with van der Waals surface area (Å²) in [5.41, 5.74) is 2.76. The molecule has 0 saturated carbocycles. The Kier molecular flexibility index (Phi) is 4.72. The van der Waals surface area contributed by atoms with Gasteiger partial charge in [-0.3, -0.25) is 4.79 Å². The lowest BCUT2D eigenvalue weighted by Gasteiger charge is -2.09. The summed E-state index contributed by atoms with van der Waals surface area (Å²) in [5.74, 6) is 0.0375. The first kappa shape index (κ1) is 16.0. The van der Waals surface area contributed by atoms with Crippen LogP contribution < -0.4 is 10.6 Å². The molecule has 0 aliphatic heterocycles. The maximum Gasteiger partial charge on any atom is 0.274 e.